The lowest BCUT2D eigenvalue weighted by atomic mass is 10.1. The molecule has 3 N–H and O–H groups in total. The molecule has 3 aromatic rings. The third-order valence-electron chi connectivity index (χ3n) is 3.51. The Balaban J connectivity index is 0.00000208. The number of aromatic nitrogens is 2. The van der Waals surface area contributed by atoms with Gasteiger partial charge in [0.2, 0.25) is 0 Å². The molecule has 0 spiro atoms. The number of halogens is 3. The first-order valence-corrected chi connectivity index (χ1v) is 10.1. The van der Waals surface area contributed by atoms with Gasteiger partial charge in [-0.1, -0.05) is 18.5 Å². The van der Waals surface area contributed by atoms with Gasteiger partial charge in [0.05, 0.1) is 26.9 Å². The van der Waals surface area contributed by atoms with Crippen LogP contribution in [-0.4, -0.2) is 16.0 Å². The average molecular weight is 468 g/mol. The van der Waals surface area contributed by atoms with Crippen molar-refractivity contribution in [1.29, 1.82) is 0 Å². The number of nitrogens with zero attached hydrogens (tertiary/aromatic N) is 2. The normalized spacial score (nSPS) is 12.2. The zero-order valence-corrected chi connectivity index (χ0v) is 17.7. The van der Waals surface area contributed by atoms with Crippen molar-refractivity contribution in [2.45, 2.75) is 32.4 Å². The predicted molar refractivity (Wildman–Crippen MR) is 111 cm³/mol. The maximum absolute atomic E-state index is 6.19. The number of pyridine rings is 1. The molecule has 0 aromatic carbocycles. The van der Waals surface area contributed by atoms with Gasteiger partial charge >= 0.3 is 0 Å². The van der Waals surface area contributed by atoms with E-state index >= 15 is 0 Å². The molecule has 0 amide bonds. The van der Waals surface area contributed by atoms with Gasteiger partial charge in [-0.2, -0.15) is 0 Å². The van der Waals surface area contributed by atoms with E-state index in [-0.39, 0.29) is 18.4 Å². The van der Waals surface area contributed by atoms with Crippen molar-refractivity contribution in [3.05, 3.63) is 37.2 Å². The molecule has 24 heavy (non-hydrogen) atoms. The number of hydrogen-bond acceptors (Lipinski definition) is 6. The summed E-state index contributed by atoms with van der Waals surface area (Å²) in [4.78, 5) is 9.97. The fourth-order valence-electron chi connectivity index (χ4n) is 2.21. The zero-order valence-electron chi connectivity index (χ0n) is 12.9. The maximum Gasteiger partial charge on any atom is 0.131 e. The van der Waals surface area contributed by atoms with Gasteiger partial charge in [-0.05, 0) is 28.8 Å². The average Bonchev–Trinajstić information content (AvgIpc) is 3.15. The first kappa shape index (κ1) is 19.9. The van der Waals surface area contributed by atoms with Crippen LogP contribution in [0.3, 0.4) is 0 Å². The minimum absolute atomic E-state index is 0. The highest BCUT2D eigenvalue weighted by molar-refractivity contribution is 9.10. The minimum atomic E-state index is 0. The van der Waals surface area contributed by atoms with Gasteiger partial charge in [0.15, 0.2) is 0 Å². The summed E-state index contributed by atoms with van der Waals surface area (Å²) in [6, 6.07) is 2.02. The van der Waals surface area contributed by atoms with Gasteiger partial charge in [-0.3, -0.25) is 0 Å². The van der Waals surface area contributed by atoms with Crippen molar-refractivity contribution < 1.29 is 0 Å². The Morgan fingerprint density at radius 3 is 2.92 bits per heavy atom. The van der Waals surface area contributed by atoms with E-state index in [1.165, 1.54) is 4.88 Å². The quantitative estimate of drug-likeness (QED) is 0.471. The highest BCUT2D eigenvalue weighted by Gasteiger charge is 2.17. The van der Waals surface area contributed by atoms with E-state index in [4.69, 9.17) is 17.3 Å². The Morgan fingerprint density at radius 2 is 2.25 bits per heavy atom. The molecule has 130 valence electrons. The van der Waals surface area contributed by atoms with Crippen LogP contribution < -0.4 is 11.1 Å². The highest BCUT2D eigenvalue weighted by atomic mass is 79.9. The van der Waals surface area contributed by atoms with E-state index < -0.39 is 0 Å². The summed E-state index contributed by atoms with van der Waals surface area (Å²) in [5, 5.41) is 6.90. The summed E-state index contributed by atoms with van der Waals surface area (Å²) < 4.78 is 2.09. The maximum atomic E-state index is 6.19. The van der Waals surface area contributed by atoms with Gasteiger partial charge in [-0.15, -0.1) is 35.1 Å². The standard InChI is InChI=1S/C15H16BrClN4S2.ClH/c1-2-8(18)5-10-13(16)14-15(23-10)9(6-11(17)21-14)20-7-12-19-3-4-22-12;/h3-4,6,8H,2,5,7,18H2,1H3,(H,20,21);1H/t8-;/m0./s1. The Hall–Kier alpha value is -0.440. The van der Waals surface area contributed by atoms with Gasteiger partial charge in [-0.25, -0.2) is 9.97 Å². The fourth-order valence-corrected chi connectivity index (χ4v) is 5.00. The number of thiazole rings is 1. The lowest BCUT2D eigenvalue weighted by Crippen LogP contribution is -2.20. The van der Waals surface area contributed by atoms with Gasteiger partial charge in [0.1, 0.15) is 10.2 Å². The smallest absolute Gasteiger partial charge is 0.131 e. The van der Waals surface area contributed by atoms with Crippen molar-refractivity contribution in [2.75, 3.05) is 5.32 Å². The number of nitrogens with two attached hydrogens (primary N) is 1. The van der Waals surface area contributed by atoms with E-state index in [2.05, 4.69) is 38.1 Å². The number of hydrogen-bond donors (Lipinski definition) is 2. The molecule has 0 unspecified atom stereocenters. The Bertz CT molecular complexity index is 808. The number of anilines is 1. The summed E-state index contributed by atoms with van der Waals surface area (Å²) >= 11 is 13.2. The van der Waals surface area contributed by atoms with Crippen LogP contribution >= 0.6 is 62.6 Å². The molecule has 3 aromatic heterocycles. The van der Waals surface area contributed by atoms with Crippen molar-refractivity contribution in [2.24, 2.45) is 5.73 Å². The molecule has 9 heteroatoms. The molecule has 0 aliphatic carbocycles. The van der Waals surface area contributed by atoms with Crippen LogP contribution in [0.4, 0.5) is 5.69 Å². The Kier molecular flexibility index (Phi) is 7.27. The molecule has 0 aliphatic rings. The molecular formula is C15H17BrCl2N4S2. The van der Waals surface area contributed by atoms with Crippen molar-refractivity contribution in [1.82, 2.24) is 9.97 Å². The summed E-state index contributed by atoms with van der Waals surface area (Å²) in [5.74, 6) is 0. The van der Waals surface area contributed by atoms with Crippen LogP contribution in [0.2, 0.25) is 5.15 Å². The van der Waals surface area contributed by atoms with E-state index in [1.54, 1.807) is 22.7 Å². The zero-order chi connectivity index (χ0) is 16.4. The summed E-state index contributed by atoms with van der Waals surface area (Å²) in [5.41, 5.74) is 7.98. The lowest BCUT2D eigenvalue weighted by Gasteiger charge is -2.06. The van der Waals surface area contributed by atoms with Crippen LogP contribution in [0.1, 0.15) is 23.2 Å². The van der Waals surface area contributed by atoms with E-state index in [1.807, 2.05) is 17.6 Å². The highest BCUT2D eigenvalue weighted by Crippen LogP contribution is 2.40. The second kappa shape index (κ2) is 8.78. The number of nitrogens with one attached hydrogen (secondary N) is 1. The van der Waals surface area contributed by atoms with Crippen LogP contribution in [-0.2, 0) is 13.0 Å². The number of rotatable bonds is 6. The van der Waals surface area contributed by atoms with E-state index in [0.29, 0.717) is 11.7 Å². The Labute approximate surface area is 168 Å². The molecule has 1 atom stereocenters. The molecular weight excluding hydrogens is 451 g/mol. The number of thiophene rings is 1. The molecule has 3 rings (SSSR count). The van der Waals surface area contributed by atoms with Crippen LogP contribution in [0.15, 0.2) is 22.1 Å². The molecule has 0 radical (unpaired) electrons. The van der Waals surface area contributed by atoms with Crippen LogP contribution in [0, 0.1) is 0 Å². The third-order valence-corrected chi connectivity index (χ3v) is 6.83. The first-order chi connectivity index (χ1) is 11.1. The second-order valence-electron chi connectivity index (χ2n) is 5.16. The van der Waals surface area contributed by atoms with Crippen molar-refractivity contribution in [3.63, 3.8) is 0 Å². The molecule has 0 aliphatic heterocycles. The topological polar surface area (TPSA) is 63.8 Å². The van der Waals surface area contributed by atoms with Gasteiger partial charge < -0.3 is 11.1 Å². The molecule has 0 bridgehead atoms. The summed E-state index contributed by atoms with van der Waals surface area (Å²) in [6.07, 6.45) is 3.59. The van der Waals surface area contributed by atoms with Crippen molar-refractivity contribution in [3.8, 4) is 0 Å². The van der Waals surface area contributed by atoms with E-state index in [0.717, 1.165) is 38.2 Å². The summed E-state index contributed by atoms with van der Waals surface area (Å²) in [6.45, 7) is 2.77. The molecule has 0 saturated heterocycles. The Morgan fingerprint density at radius 1 is 1.46 bits per heavy atom. The summed E-state index contributed by atoms with van der Waals surface area (Å²) in [7, 11) is 0. The molecule has 0 saturated carbocycles. The molecule has 4 nitrogen and oxygen atoms in total. The molecule has 0 fully saturated rings. The van der Waals surface area contributed by atoms with Crippen molar-refractivity contribution >= 4 is 78.5 Å². The monoisotopic (exact) mass is 466 g/mol. The third kappa shape index (κ3) is 4.39. The van der Waals surface area contributed by atoms with E-state index in [9.17, 15) is 0 Å². The lowest BCUT2D eigenvalue weighted by molar-refractivity contribution is 0.651. The van der Waals surface area contributed by atoms with Gasteiger partial charge in [0, 0.05) is 28.6 Å². The van der Waals surface area contributed by atoms with Crippen LogP contribution in [0.25, 0.3) is 10.2 Å². The fraction of sp³-hybridized carbons (Fsp3) is 0.333. The number of fused-ring (bicyclic) bond motifs is 1. The molecule has 3 heterocycles. The second-order valence-corrected chi connectivity index (χ2v) is 8.43. The van der Waals surface area contributed by atoms with Gasteiger partial charge in [0.25, 0.3) is 0 Å². The minimum Gasteiger partial charge on any atom is -0.377 e. The van der Waals surface area contributed by atoms with Crippen LogP contribution in [0.5, 0.6) is 0 Å². The largest absolute Gasteiger partial charge is 0.377 e. The SMILES string of the molecule is CC[C@H](N)Cc1sc2c(NCc3nccs3)cc(Cl)nc2c1Br.Cl. The predicted octanol–water partition coefficient (Wildman–Crippen LogP) is 5.48. The first-order valence-electron chi connectivity index (χ1n) is 7.23.